The van der Waals surface area contributed by atoms with Crippen LogP contribution in [-0.4, -0.2) is 52.6 Å². The third-order valence-electron chi connectivity index (χ3n) is 4.01. The Balaban J connectivity index is 0.000000801. The average molecular weight is 493 g/mol. The molecule has 2 aromatic carbocycles. The maximum atomic E-state index is 13.2. The highest BCUT2D eigenvalue weighted by Gasteiger charge is 2.38. The Morgan fingerprint density at radius 3 is 2.09 bits per heavy atom. The monoisotopic (exact) mass is 492 g/mol. The van der Waals surface area contributed by atoms with Crippen molar-refractivity contribution < 1.29 is 42.6 Å². The van der Waals surface area contributed by atoms with Gasteiger partial charge >= 0.3 is 18.1 Å². The van der Waals surface area contributed by atoms with Crippen molar-refractivity contribution >= 4 is 29.2 Å². The number of hydrogen-bond donors (Lipinski definition) is 2. The maximum absolute atomic E-state index is 13.2. The van der Waals surface area contributed by atoms with Gasteiger partial charge in [-0.3, -0.25) is 10.1 Å². The van der Waals surface area contributed by atoms with Crippen LogP contribution in [0.2, 0.25) is 5.02 Å². The van der Waals surface area contributed by atoms with Gasteiger partial charge in [0.15, 0.2) is 0 Å². The molecule has 2 N–H and O–H groups in total. The quantitative estimate of drug-likeness (QED) is 0.328. The fourth-order valence-corrected chi connectivity index (χ4v) is 2.61. The molecule has 1 atom stereocenters. The molecule has 0 saturated heterocycles. The molecule has 2 rings (SSSR count). The number of halogens is 4. The van der Waals surface area contributed by atoms with E-state index in [1.54, 1.807) is 24.3 Å². The van der Waals surface area contributed by atoms with Crippen molar-refractivity contribution in [3.63, 3.8) is 0 Å². The number of carboxylic acids is 2. The van der Waals surface area contributed by atoms with E-state index >= 15 is 0 Å². The summed E-state index contributed by atoms with van der Waals surface area (Å²) in [7, 11) is 3.74. The Kier molecular flexibility index (Phi) is 10.1. The second kappa shape index (κ2) is 12.0. The molecular weight excluding hydrogens is 473 g/mol. The number of carboxylic acid groups (broad SMARTS) is 2. The molecule has 0 aliphatic rings. The second-order valence-electron chi connectivity index (χ2n) is 6.79. The van der Waals surface area contributed by atoms with Crippen LogP contribution in [-0.2, 0) is 15.8 Å². The largest absolute Gasteiger partial charge is 0.486 e. The first-order chi connectivity index (χ1) is 15.2. The molecule has 180 valence electrons. The van der Waals surface area contributed by atoms with Crippen LogP contribution in [0.25, 0.3) is 0 Å². The van der Waals surface area contributed by atoms with Gasteiger partial charge in [0.2, 0.25) is 0 Å². The molecule has 0 fully saturated rings. The molecule has 0 heterocycles. The van der Waals surface area contributed by atoms with E-state index in [1.165, 1.54) is 6.07 Å². The Hall–Kier alpha value is -3.38. The summed E-state index contributed by atoms with van der Waals surface area (Å²) in [5, 5.41) is 26.2. The summed E-state index contributed by atoms with van der Waals surface area (Å²) >= 11 is 5.88. The summed E-state index contributed by atoms with van der Waals surface area (Å²) in [6.07, 6.45) is -4.89. The third-order valence-corrected chi connectivity index (χ3v) is 4.26. The van der Waals surface area contributed by atoms with E-state index in [1.807, 2.05) is 19.0 Å². The standard InChI is InChI=1S/C18H18ClF3N2O3.C2H2O4/c1-23(2)10-9-17(12-3-5-13(19)6-4-12)27-14-7-8-16(24(25)26)15(11-14)18(20,21)22;3-1(4)2(5)6/h3-8,11,17H,9-10H2,1-2H3;(H,3,4)(H,5,6). The van der Waals surface area contributed by atoms with Crippen LogP contribution in [0.1, 0.15) is 23.7 Å². The van der Waals surface area contributed by atoms with Gasteiger partial charge in [0.05, 0.1) is 4.92 Å². The second-order valence-corrected chi connectivity index (χ2v) is 7.23. The maximum Gasteiger partial charge on any atom is 0.423 e. The summed E-state index contributed by atoms with van der Waals surface area (Å²) < 4.78 is 45.3. The van der Waals surface area contributed by atoms with Gasteiger partial charge in [-0.05, 0) is 43.9 Å². The summed E-state index contributed by atoms with van der Waals surface area (Å²) in [6.45, 7) is 0.631. The fraction of sp³-hybridized carbons (Fsp3) is 0.300. The molecule has 0 aliphatic heterocycles. The Bertz CT molecular complexity index is 971. The lowest BCUT2D eigenvalue weighted by Crippen LogP contribution is -2.19. The van der Waals surface area contributed by atoms with Crippen molar-refractivity contribution in [2.45, 2.75) is 18.7 Å². The van der Waals surface area contributed by atoms with Crippen LogP contribution in [0.4, 0.5) is 18.9 Å². The van der Waals surface area contributed by atoms with Gasteiger partial charge in [0, 0.05) is 24.1 Å². The molecule has 0 radical (unpaired) electrons. The minimum atomic E-state index is -4.86. The SMILES string of the molecule is CN(C)CCC(Oc1ccc([N+](=O)[O-])c(C(F)(F)F)c1)c1ccc(Cl)cc1.O=C(O)C(=O)O. The molecular formula is C20H20ClF3N2O7. The fourth-order valence-electron chi connectivity index (χ4n) is 2.49. The van der Waals surface area contributed by atoms with E-state index in [4.69, 9.17) is 36.1 Å². The first kappa shape index (κ1) is 27.7. The van der Waals surface area contributed by atoms with Crippen LogP contribution in [0.15, 0.2) is 42.5 Å². The molecule has 9 nitrogen and oxygen atoms in total. The zero-order valence-corrected chi connectivity index (χ0v) is 18.1. The van der Waals surface area contributed by atoms with E-state index < -0.39 is 40.4 Å². The summed E-state index contributed by atoms with van der Waals surface area (Å²) in [5.74, 6) is -3.74. The van der Waals surface area contributed by atoms with E-state index in [0.717, 1.165) is 11.6 Å². The molecule has 33 heavy (non-hydrogen) atoms. The van der Waals surface area contributed by atoms with E-state index in [0.29, 0.717) is 24.1 Å². The van der Waals surface area contributed by atoms with Crippen molar-refractivity contribution in [3.05, 3.63) is 68.7 Å². The summed E-state index contributed by atoms with van der Waals surface area (Å²) in [6, 6.07) is 9.45. The van der Waals surface area contributed by atoms with Crippen molar-refractivity contribution in [1.29, 1.82) is 0 Å². The lowest BCUT2D eigenvalue weighted by molar-refractivity contribution is -0.388. The number of hydrogen-bond acceptors (Lipinski definition) is 6. The number of rotatable bonds is 7. The van der Waals surface area contributed by atoms with Crippen LogP contribution >= 0.6 is 11.6 Å². The zero-order chi connectivity index (χ0) is 25.3. The topological polar surface area (TPSA) is 130 Å². The molecule has 1 unspecified atom stereocenters. The van der Waals surface area contributed by atoms with Crippen molar-refractivity contribution in [1.82, 2.24) is 4.90 Å². The first-order valence-electron chi connectivity index (χ1n) is 9.11. The minimum absolute atomic E-state index is 0.0911. The number of nitro groups is 1. The number of ether oxygens (including phenoxy) is 1. The van der Waals surface area contributed by atoms with E-state index in [2.05, 4.69) is 0 Å². The van der Waals surface area contributed by atoms with E-state index in [-0.39, 0.29) is 5.75 Å². The minimum Gasteiger partial charge on any atom is -0.486 e. The first-order valence-corrected chi connectivity index (χ1v) is 9.48. The van der Waals surface area contributed by atoms with Crippen LogP contribution < -0.4 is 4.74 Å². The Morgan fingerprint density at radius 2 is 1.67 bits per heavy atom. The van der Waals surface area contributed by atoms with Gasteiger partial charge in [0.25, 0.3) is 5.69 Å². The van der Waals surface area contributed by atoms with Crippen LogP contribution in [0, 0.1) is 10.1 Å². The highest BCUT2D eigenvalue weighted by atomic mass is 35.5. The molecule has 0 aromatic heterocycles. The van der Waals surface area contributed by atoms with Gasteiger partial charge in [-0.15, -0.1) is 0 Å². The molecule has 0 spiro atoms. The van der Waals surface area contributed by atoms with Gasteiger partial charge in [-0.25, -0.2) is 9.59 Å². The number of alkyl halides is 3. The van der Waals surface area contributed by atoms with Gasteiger partial charge in [-0.1, -0.05) is 23.7 Å². The average Bonchev–Trinajstić information content (AvgIpc) is 2.71. The smallest absolute Gasteiger partial charge is 0.423 e. The molecule has 0 saturated carbocycles. The lowest BCUT2D eigenvalue weighted by atomic mass is 10.1. The Morgan fingerprint density at radius 1 is 1.12 bits per heavy atom. The van der Waals surface area contributed by atoms with Crippen molar-refractivity contribution in [2.24, 2.45) is 0 Å². The predicted molar refractivity (Wildman–Crippen MR) is 111 cm³/mol. The van der Waals surface area contributed by atoms with Crippen LogP contribution in [0.3, 0.4) is 0 Å². The number of aliphatic carboxylic acids is 2. The normalized spacial score (nSPS) is 11.8. The molecule has 0 bridgehead atoms. The van der Waals surface area contributed by atoms with Gasteiger partial charge < -0.3 is 19.8 Å². The number of nitro benzene ring substituents is 1. The van der Waals surface area contributed by atoms with Crippen LogP contribution in [0.5, 0.6) is 5.75 Å². The van der Waals surface area contributed by atoms with Crippen molar-refractivity contribution in [2.75, 3.05) is 20.6 Å². The van der Waals surface area contributed by atoms with E-state index in [9.17, 15) is 23.3 Å². The van der Waals surface area contributed by atoms with Gasteiger partial charge in [-0.2, -0.15) is 13.2 Å². The molecule has 2 aromatic rings. The molecule has 0 amide bonds. The highest BCUT2D eigenvalue weighted by molar-refractivity contribution is 6.30. The third kappa shape index (κ3) is 9.33. The van der Waals surface area contributed by atoms with Crippen molar-refractivity contribution in [3.8, 4) is 5.75 Å². The lowest BCUT2D eigenvalue weighted by Gasteiger charge is -2.22. The number of carbonyl (C=O) groups is 2. The predicted octanol–water partition coefficient (Wildman–Crippen LogP) is 4.49. The van der Waals surface area contributed by atoms with Gasteiger partial charge in [0.1, 0.15) is 17.4 Å². The highest BCUT2D eigenvalue weighted by Crippen LogP contribution is 2.39. The summed E-state index contributed by atoms with van der Waals surface area (Å²) in [5.41, 5.74) is -1.60. The number of nitrogens with zero attached hydrogens (tertiary/aromatic N) is 2. The number of benzene rings is 2. The summed E-state index contributed by atoms with van der Waals surface area (Å²) in [4.78, 5) is 29.9. The zero-order valence-electron chi connectivity index (χ0n) is 17.4. The Labute approximate surface area is 191 Å². The molecule has 0 aliphatic carbocycles. The molecule has 13 heteroatoms.